The molecule has 2 rings (SSSR count). The van der Waals surface area contributed by atoms with Crippen molar-refractivity contribution in [1.29, 1.82) is 0 Å². The van der Waals surface area contributed by atoms with Gasteiger partial charge in [-0.05, 0) is 18.2 Å². The van der Waals surface area contributed by atoms with Crippen LogP contribution < -0.4 is 4.74 Å². The average Bonchev–Trinajstić information content (AvgIpc) is 2.46. The van der Waals surface area contributed by atoms with Crippen molar-refractivity contribution in [3.63, 3.8) is 0 Å². The van der Waals surface area contributed by atoms with E-state index in [4.69, 9.17) is 21.4 Å². The number of carboxylic acids is 1. The van der Waals surface area contributed by atoms with E-state index in [1.165, 1.54) is 28.8 Å². The molecule has 1 aliphatic heterocycles. The van der Waals surface area contributed by atoms with Crippen LogP contribution in [0, 0.1) is 5.82 Å². The van der Waals surface area contributed by atoms with E-state index in [1.54, 1.807) is 0 Å². The van der Waals surface area contributed by atoms with Gasteiger partial charge in [-0.25, -0.2) is 9.18 Å². The van der Waals surface area contributed by atoms with Crippen molar-refractivity contribution in [2.24, 2.45) is 0 Å². The molecule has 1 saturated heterocycles. The minimum Gasteiger partial charge on any atom is -0.482 e. The predicted molar refractivity (Wildman–Crippen MR) is 77.4 cm³/mol. The molecule has 114 valence electrons. The zero-order valence-electron chi connectivity index (χ0n) is 10.9. The Labute approximate surface area is 130 Å². The molecule has 1 atom stereocenters. The van der Waals surface area contributed by atoms with E-state index in [1.807, 2.05) is 0 Å². The molecule has 1 heterocycles. The Bertz CT molecular complexity index is 557. The van der Waals surface area contributed by atoms with Crippen molar-refractivity contribution in [2.45, 2.75) is 6.04 Å². The third-order valence-corrected chi connectivity index (χ3v) is 4.30. The van der Waals surface area contributed by atoms with Gasteiger partial charge in [0.05, 0.1) is 5.02 Å². The first-order chi connectivity index (χ1) is 9.99. The molecule has 1 N–H and O–H groups in total. The van der Waals surface area contributed by atoms with E-state index in [0.717, 1.165) is 6.07 Å². The number of hydrogen-bond acceptors (Lipinski definition) is 4. The van der Waals surface area contributed by atoms with Gasteiger partial charge in [0.2, 0.25) is 0 Å². The highest BCUT2D eigenvalue weighted by Crippen LogP contribution is 2.25. The molecule has 0 bridgehead atoms. The highest BCUT2D eigenvalue weighted by molar-refractivity contribution is 7.99. The minimum atomic E-state index is -1.03. The highest BCUT2D eigenvalue weighted by Gasteiger charge is 2.32. The number of amides is 1. The molecule has 1 aromatic carbocycles. The Hall–Kier alpha value is -1.47. The molecular formula is C13H13ClFNO4S. The van der Waals surface area contributed by atoms with Crippen LogP contribution in [-0.2, 0) is 9.59 Å². The second-order valence-corrected chi connectivity index (χ2v) is 5.94. The molecule has 0 aromatic heterocycles. The van der Waals surface area contributed by atoms with E-state index >= 15 is 0 Å². The van der Waals surface area contributed by atoms with Crippen molar-refractivity contribution in [3.8, 4) is 5.75 Å². The smallest absolute Gasteiger partial charge is 0.327 e. The van der Waals surface area contributed by atoms with Crippen LogP contribution in [0.15, 0.2) is 18.2 Å². The largest absolute Gasteiger partial charge is 0.482 e. The van der Waals surface area contributed by atoms with E-state index in [2.05, 4.69) is 0 Å². The Morgan fingerprint density at radius 3 is 2.95 bits per heavy atom. The van der Waals surface area contributed by atoms with Crippen LogP contribution in [0.1, 0.15) is 0 Å². The molecule has 8 heteroatoms. The van der Waals surface area contributed by atoms with Gasteiger partial charge in [-0.1, -0.05) is 11.6 Å². The first kappa shape index (κ1) is 15.9. The first-order valence-corrected chi connectivity index (χ1v) is 7.70. The summed E-state index contributed by atoms with van der Waals surface area (Å²) in [7, 11) is 0. The van der Waals surface area contributed by atoms with Crippen molar-refractivity contribution < 1.29 is 23.8 Å². The Kier molecular flexibility index (Phi) is 5.30. The molecule has 1 fully saturated rings. The Balaban J connectivity index is 1.98. The lowest BCUT2D eigenvalue weighted by Crippen LogP contribution is -2.51. The summed E-state index contributed by atoms with van der Waals surface area (Å²) < 4.78 is 18.1. The van der Waals surface area contributed by atoms with Crippen LogP contribution in [0.2, 0.25) is 5.02 Å². The lowest BCUT2D eigenvalue weighted by molar-refractivity contribution is -0.150. The fourth-order valence-electron chi connectivity index (χ4n) is 1.92. The van der Waals surface area contributed by atoms with Crippen LogP contribution in [0.25, 0.3) is 0 Å². The topological polar surface area (TPSA) is 66.8 Å². The minimum absolute atomic E-state index is 0.0618. The number of carbonyl (C=O) groups is 2. The third kappa shape index (κ3) is 4.01. The number of hydrogen-bond donors (Lipinski definition) is 1. The monoisotopic (exact) mass is 333 g/mol. The molecule has 0 radical (unpaired) electrons. The first-order valence-electron chi connectivity index (χ1n) is 6.17. The van der Waals surface area contributed by atoms with Crippen LogP contribution in [0.5, 0.6) is 5.75 Å². The molecule has 21 heavy (non-hydrogen) atoms. The van der Waals surface area contributed by atoms with E-state index < -0.39 is 23.7 Å². The summed E-state index contributed by atoms with van der Waals surface area (Å²) in [6.45, 7) is 0.0285. The molecule has 1 aliphatic rings. The molecule has 0 saturated carbocycles. The third-order valence-electron chi connectivity index (χ3n) is 2.98. The van der Waals surface area contributed by atoms with E-state index in [0.29, 0.717) is 18.1 Å². The molecule has 0 spiro atoms. The van der Waals surface area contributed by atoms with Gasteiger partial charge in [0, 0.05) is 18.1 Å². The van der Waals surface area contributed by atoms with Crippen LogP contribution in [-0.4, -0.2) is 52.6 Å². The number of nitrogens with zero attached hydrogens (tertiary/aromatic N) is 1. The van der Waals surface area contributed by atoms with E-state index in [9.17, 15) is 14.0 Å². The summed E-state index contributed by atoms with van der Waals surface area (Å²) in [5.41, 5.74) is 0. The molecule has 1 amide bonds. The van der Waals surface area contributed by atoms with Gasteiger partial charge < -0.3 is 14.7 Å². The van der Waals surface area contributed by atoms with Gasteiger partial charge in [0.1, 0.15) is 17.6 Å². The van der Waals surface area contributed by atoms with E-state index in [-0.39, 0.29) is 17.4 Å². The number of carboxylic acid groups (broad SMARTS) is 1. The zero-order valence-corrected chi connectivity index (χ0v) is 12.5. The maximum atomic E-state index is 12.9. The Morgan fingerprint density at radius 2 is 2.29 bits per heavy atom. The fraction of sp³-hybridized carbons (Fsp3) is 0.385. The van der Waals surface area contributed by atoms with Crippen LogP contribution >= 0.6 is 23.4 Å². The molecule has 0 aliphatic carbocycles. The zero-order chi connectivity index (χ0) is 15.4. The maximum absolute atomic E-state index is 12.9. The number of ether oxygens (including phenoxy) is 1. The number of thioether (sulfide) groups is 1. The van der Waals surface area contributed by atoms with Gasteiger partial charge in [-0.15, -0.1) is 0 Å². The standard InChI is InChI=1S/C13H13ClFNO4S/c14-9-5-8(15)1-2-11(9)20-6-12(17)16-3-4-21-7-10(16)13(18)19/h1-2,5,10H,3-4,6-7H2,(H,18,19). The lowest BCUT2D eigenvalue weighted by atomic mass is 10.2. The van der Waals surface area contributed by atoms with Gasteiger partial charge in [0.25, 0.3) is 5.91 Å². The highest BCUT2D eigenvalue weighted by atomic mass is 35.5. The van der Waals surface area contributed by atoms with Crippen molar-refractivity contribution >= 4 is 35.2 Å². The van der Waals surface area contributed by atoms with Gasteiger partial charge in [0.15, 0.2) is 6.61 Å². The number of halogens is 2. The van der Waals surface area contributed by atoms with Crippen molar-refractivity contribution in [1.82, 2.24) is 4.90 Å². The van der Waals surface area contributed by atoms with Crippen molar-refractivity contribution in [3.05, 3.63) is 29.0 Å². The number of benzene rings is 1. The summed E-state index contributed by atoms with van der Waals surface area (Å²) in [5.74, 6) is -0.730. The van der Waals surface area contributed by atoms with Crippen LogP contribution in [0.4, 0.5) is 4.39 Å². The maximum Gasteiger partial charge on any atom is 0.327 e. The number of rotatable bonds is 4. The molecule has 5 nitrogen and oxygen atoms in total. The quantitative estimate of drug-likeness (QED) is 0.911. The normalized spacial score (nSPS) is 18.4. The van der Waals surface area contributed by atoms with Gasteiger partial charge in [-0.2, -0.15) is 11.8 Å². The summed E-state index contributed by atoms with van der Waals surface area (Å²) in [5, 5.41) is 9.17. The van der Waals surface area contributed by atoms with Crippen LogP contribution in [0.3, 0.4) is 0 Å². The molecule has 1 unspecified atom stereocenters. The number of carbonyl (C=O) groups excluding carboxylic acids is 1. The fourth-order valence-corrected chi connectivity index (χ4v) is 3.18. The van der Waals surface area contributed by atoms with Crippen molar-refractivity contribution in [2.75, 3.05) is 24.7 Å². The summed E-state index contributed by atoms with van der Waals surface area (Å²) in [6.07, 6.45) is 0. The second kappa shape index (κ2) is 7.00. The van der Waals surface area contributed by atoms with Gasteiger partial charge >= 0.3 is 5.97 Å². The lowest BCUT2D eigenvalue weighted by Gasteiger charge is -2.32. The summed E-state index contributed by atoms with van der Waals surface area (Å²) in [6, 6.07) is 2.73. The number of aliphatic carboxylic acids is 1. The van der Waals surface area contributed by atoms with Gasteiger partial charge in [-0.3, -0.25) is 4.79 Å². The molecular weight excluding hydrogens is 321 g/mol. The average molecular weight is 334 g/mol. The SMILES string of the molecule is O=C(O)C1CSCCN1C(=O)COc1ccc(F)cc1Cl. The predicted octanol–water partition coefficient (Wildman–Crippen LogP) is 1.89. The Morgan fingerprint density at radius 1 is 1.52 bits per heavy atom. The second-order valence-electron chi connectivity index (χ2n) is 4.38. The molecule has 1 aromatic rings. The summed E-state index contributed by atoms with van der Waals surface area (Å²) >= 11 is 7.28. The summed E-state index contributed by atoms with van der Waals surface area (Å²) in [4.78, 5) is 24.5.